The lowest BCUT2D eigenvalue weighted by atomic mass is 9.92. The topological polar surface area (TPSA) is 261 Å². The molecule has 4 aliphatic rings. The number of hydrogen-bond acceptors (Lipinski definition) is 11. The molecule has 8 rings (SSSR count). The number of ether oxygens (including phenoxy) is 2. The monoisotopic (exact) mass is 962 g/mol. The number of nitrogens with two attached hydrogens (primary N) is 1. The Kier molecular flexibility index (Phi) is 15.5. The van der Waals surface area contributed by atoms with E-state index in [-0.39, 0.29) is 49.4 Å². The van der Waals surface area contributed by atoms with Gasteiger partial charge in [-0.1, -0.05) is 23.2 Å². The van der Waals surface area contributed by atoms with Gasteiger partial charge >= 0.3 is 5.97 Å². The number of amides is 3. The van der Waals surface area contributed by atoms with Gasteiger partial charge in [-0.25, -0.2) is 13.6 Å². The van der Waals surface area contributed by atoms with Crippen LogP contribution in [0.15, 0.2) is 36.4 Å². The van der Waals surface area contributed by atoms with Crippen molar-refractivity contribution in [3.05, 3.63) is 103 Å². The van der Waals surface area contributed by atoms with E-state index in [4.69, 9.17) is 48.9 Å². The Labute approximate surface area is 393 Å². The summed E-state index contributed by atoms with van der Waals surface area (Å²) >= 11 is 12.6. The van der Waals surface area contributed by atoms with E-state index in [9.17, 15) is 42.7 Å². The van der Waals surface area contributed by atoms with Crippen molar-refractivity contribution >= 4 is 69.8 Å². The first-order valence-electron chi connectivity index (χ1n) is 21.2. The highest BCUT2D eigenvalue weighted by Crippen LogP contribution is 2.36. The van der Waals surface area contributed by atoms with E-state index in [1.165, 1.54) is 30.3 Å². The van der Waals surface area contributed by atoms with Crippen LogP contribution in [0.3, 0.4) is 0 Å². The zero-order valence-electron chi connectivity index (χ0n) is 36.5. The molecule has 352 valence electrons. The summed E-state index contributed by atoms with van der Waals surface area (Å²) in [7, 11) is 0. The van der Waals surface area contributed by atoms with Crippen LogP contribution in [0.25, 0.3) is 0 Å². The van der Waals surface area contributed by atoms with Crippen molar-refractivity contribution in [3.63, 3.8) is 0 Å². The number of carboxylic acid groups (broad SMARTS) is 1. The summed E-state index contributed by atoms with van der Waals surface area (Å²) < 4.78 is 39.9. The Morgan fingerprint density at radius 2 is 1.15 bits per heavy atom. The van der Waals surface area contributed by atoms with Gasteiger partial charge in [-0.3, -0.25) is 24.0 Å². The molecule has 6 heterocycles. The van der Waals surface area contributed by atoms with Crippen LogP contribution < -0.4 is 21.7 Å². The number of rotatable bonds is 9. The molecule has 67 heavy (non-hydrogen) atoms. The Balaban J connectivity index is 0.000000189. The summed E-state index contributed by atoms with van der Waals surface area (Å²) in [6.45, 7) is 6.71. The molecular weight excluding hydrogens is 917 g/mol. The van der Waals surface area contributed by atoms with E-state index < -0.39 is 58.0 Å². The largest absolute Gasteiger partial charge is 0.478 e. The molecule has 2 aromatic heterocycles. The summed E-state index contributed by atoms with van der Waals surface area (Å²) in [6, 6.07) is 10.9. The smallest absolute Gasteiger partial charge is 0.339 e. The van der Waals surface area contributed by atoms with Gasteiger partial charge in [0.05, 0.1) is 32.3 Å². The number of fused-ring (bicyclic) bond motifs is 2. The number of carboxylic acids is 1. The van der Waals surface area contributed by atoms with Crippen LogP contribution in [0.2, 0.25) is 10.0 Å². The minimum Gasteiger partial charge on any atom is -0.478 e. The highest BCUT2D eigenvalue weighted by atomic mass is 35.5. The van der Waals surface area contributed by atoms with Gasteiger partial charge in [0, 0.05) is 73.4 Å². The van der Waals surface area contributed by atoms with Gasteiger partial charge in [0.2, 0.25) is 0 Å². The SMILES string of the molecule is CC1(NC(=O)C(=O)c2c(Cl)c(C(=O)Nc3ccc(F)c(C#N)c3)c3n2CCC3)CCOCC1.CC1(NC(=O)C(=O)c2c(Cl)c(C(=O)O)c3n2CCC3)CCOCC1.N#Cc1cc(N)ccc1F. The van der Waals surface area contributed by atoms with E-state index in [2.05, 4.69) is 16.0 Å². The normalized spacial score (nSPS) is 16.2. The number of halogens is 4. The molecule has 3 amide bonds. The number of carbonyl (C=O) groups excluding carboxylic acids is 5. The van der Waals surface area contributed by atoms with E-state index in [1.54, 1.807) is 21.3 Å². The van der Waals surface area contributed by atoms with Gasteiger partial charge in [0.15, 0.2) is 0 Å². The van der Waals surface area contributed by atoms with Crippen molar-refractivity contribution in [3.8, 4) is 12.1 Å². The van der Waals surface area contributed by atoms with Crippen LogP contribution in [-0.4, -0.2) is 87.0 Å². The van der Waals surface area contributed by atoms with Crippen LogP contribution in [0.5, 0.6) is 0 Å². The molecule has 6 N–H and O–H groups in total. The number of nitriles is 2. The fourth-order valence-corrected chi connectivity index (χ4v) is 9.02. The van der Waals surface area contributed by atoms with E-state index in [0.717, 1.165) is 12.5 Å². The van der Waals surface area contributed by atoms with Gasteiger partial charge in [-0.2, -0.15) is 10.5 Å². The molecule has 0 unspecified atom stereocenters. The molecule has 0 saturated carbocycles. The van der Waals surface area contributed by atoms with Crippen molar-refractivity contribution in [2.45, 2.75) is 89.4 Å². The van der Waals surface area contributed by atoms with Crippen LogP contribution in [0.4, 0.5) is 20.2 Å². The molecule has 17 nitrogen and oxygen atoms in total. The second kappa shape index (κ2) is 20.9. The molecular formula is C46H46Cl2F2N8O9. The number of aromatic carboxylic acids is 1. The molecule has 0 bridgehead atoms. The Morgan fingerprint density at radius 1 is 0.716 bits per heavy atom. The number of aromatic nitrogens is 2. The Morgan fingerprint density at radius 3 is 1.60 bits per heavy atom. The van der Waals surface area contributed by atoms with Gasteiger partial charge in [0.25, 0.3) is 29.3 Å². The molecule has 4 aromatic rings. The first kappa shape index (κ1) is 49.8. The van der Waals surface area contributed by atoms with Crippen molar-refractivity contribution in [1.29, 1.82) is 10.5 Å². The number of nitrogen functional groups attached to an aromatic ring is 1. The number of anilines is 2. The third kappa shape index (κ3) is 11.0. The zero-order chi connectivity index (χ0) is 48.8. The standard InChI is InChI=1S/C23H22ClFN4O4.C16H19ClN2O5.C7H5FN2/c1-23(6-9-33-10-7-23)28-22(32)20(30)19-18(24)17(16-3-2-8-29(16)19)21(31)27-14-4-5-15(25)13(11-14)12-26;1-16(4-7-24-8-5-16)18-14(21)13(20)12-11(17)10(15(22)23)9-3-2-6-19(9)12;8-7-2-1-6(10)3-5(7)4-9/h4-5,11H,2-3,6-10H2,1H3,(H,27,31)(H,28,32);2-8H2,1H3,(H,18,21)(H,22,23);1-3H,10H2. The summed E-state index contributed by atoms with van der Waals surface area (Å²) in [5.74, 6) is -6.14. The number of carbonyl (C=O) groups is 6. The van der Waals surface area contributed by atoms with Crippen LogP contribution in [-0.2, 0) is 45.0 Å². The first-order chi connectivity index (χ1) is 31.8. The minimum absolute atomic E-state index is 0.0139. The average Bonchev–Trinajstić information content (AvgIpc) is 4.07. The third-order valence-corrected chi connectivity index (χ3v) is 12.7. The van der Waals surface area contributed by atoms with Crippen LogP contribution in [0, 0.1) is 34.3 Å². The van der Waals surface area contributed by atoms with Gasteiger partial charge in [-0.15, -0.1) is 0 Å². The molecule has 21 heteroatoms. The van der Waals surface area contributed by atoms with Crippen molar-refractivity contribution in [2.24, 2.45) is 0 Å². The number of benzene rings is 2. The van der Waals surface area contributed by atoms with Crippen LogP contribution >= 0.6 is 23.2 Å². The minimum atomic E-state index is -1.18. The Bertz CT molecular complexity index is 2740. The predicted octanol–water partition coefficient (Wildman–Crippen LogP) is 6.15. The maximum absolute atomic E-state index is 13.6. The molecule has 2 aromatic carbocycles. The van der Waals surface area contributed by atoms with E-state index >= 15 is 0 Å². The predicted molar refractivity (Wildman–Crippen MR) is 239 cm³/mol. The fraction of sp³-hybridized carbons (Fsp3) is 0.391. The van der Waals surface area contributed by atoms with Gasteiger partial charge in [0.1, 0.15) is 35.2 Å². The highest BCUT2D eigenvalue weighted by Gasteiger charge is 2.39. The lowest BCUT2D eigenvalue weighted by molar-refractivity contribution is -0.120. The summed E-state index contributed by atoms with van der Waals surface area (Å²) in [5.41, 5.74) is 5.69. The van der Waals surface area contributed by atoms with Crippen molar-refractivity contribution in [1.82, 2.24) is 19.8 Å². The maximum Gasteiger partial charge on any atom is 0.339 e. The molecule has 0 aliphatic carbocycles. The second-order valence-corrected chi connectivity index (χ2v) is 17.6. The average molecular weight is 964 g/mol. The van der Waals surface area contributed by atoms with Crippen molar-refractivity contribution in [2.75, 3.05) is 37.5 Å². The molecule has 2 saturated heterocycles. The molecule has 0 radical (unpaired) electrons. The van der Waals surface area contributed by atoms with Crippen molar-refractivity contribution < 1.29 is 52.1 Å². The van der Waals surface area contributed by atoms with E-state index in [0.29, 0.717) is 102 Å². The van der Waals surface area contributed by atoms with E-state index in [1.807, 2.05) is 13.8 Å². The molecule has 4 aliphatic heterocycles. The van der Waals surface area contributed by atoms with Gasteiger partial charge < -0.3 is 45.4 Å². The maximum atomic E-state index is 13.6. The highest BCUT2D eigenvalue weighted by molar-refractivity contribution is 6.48. The lowest BCUT2D eigenvalue weighted by Gasteiger charge is -2.34. The number of hydrogen-bond donors (Lipinski definition) is 5. The lowest BCUT2D eigenvalue weighted by Crippen LogP contribution is -2.51. The fourth-order valence-electron chi connectivity index (χ4n) is 8.26. The summed E-state index contributed by atoms with van der Waals surface area (Å²) in [5, 5.41) is 34.6. The number of nitrogens with zero attached hydrogens (tertiary/aromatic N) is 4. The second-order valence-electron chi connectivity index (χ2n) is 16.8. The van der Waals surface area contributed by atoms with Crippen LogP contribution in [0.1, 0.15) is 117 Å². The summed E-state index contributed by atoms with van der Waals surface area (Å²) in [6.07, 6.45) is 4.87. The number of Topliss-reactive ketones (excluding diaryl/α,β-unsaturated/α-hetero) is 2. The summed E-state index contributed by atoms with van der Waals surface area (Å²) in [4.78, 5) is 75.4. The molecule has 2 fully saturated rings. The Hall–Kier alpha value is -6.64. The number of ketones is 2. The third-order valence-electron chi connectivity index (χ3n) is 12.0. The first-order valence-corrected chi connectivity index (χ1v) is 22.0. The molecule has 0 atom stereocenters. The zero-order valence-corrected chi connectivity index (χ0v) is 38.0. The molecule has 0 spiro atoms. The quantitative estimate of drug-likeness (QED) is 0.0719. The van der Waals surface area contributed by atoms with Gasteiger partial charge in [-0.05, 0) is 102 Å². The number of nitrogens with one attached hydrogen (secondary N) is 3.